The van der Waals surface area contributed by atoms with E-state index >= 15 is 0 Å². The molecule has 1 aromatic carbocycles. The summed E-state index contributed by atoms with van der Waals surface area (Å²) in [6.07, 6.45) is 3.54. The summed E-state index contributed by atoms with van der Waals surface area (Å²) in [5.74, 6) is 0.479. The molecule has 3 rings (SSSR count). The van der Waals surface area contributed by atoms with Gasteiger partial charge in [-0.1, -0.05) is 24.3 Å². The molecule has 0 saturated carbocycles. The molecule has 5 heteroatoms. The Morgan fingerprint density at radius 3 is 2.50 bits per heavy atom. The van der Waals surface area contributed by atoms with Crippen molar-refractivity contribution < 1.29 is 9.59 Å². The van der Waals surface area contributed by atoms with E-state index in [-0.39, 0.29) is 29.3 Å². The molecule has 2 aliphatic rings. The molecule has 0 bridgehead atoms. The van der Waals surface area contributed by atoms with Crippen molar-refractivity contribution in [2.45, 2.75) is 56.9 Å². The highest BCUT2D eigenvalue weighted by atomic mass is 16.2. The van der Waals surface area contributed by atoms with Crippen LogP contribution in [0.15, 0.2) is 24.3 Å². The topological polar surface area (TPSA) is 52.7 Å². The van der Waals surface area contributed by atoms with Crippen molar-refractivity contribution in [2.24, 2.45) is 0 Å². The van der Waals surface area contributed by atoms with Gasteiger partial charge in [-0.3, -0.25) is 4.79 Å². The van der Waals surface area contributed by atoms with Crippen molar-refractivity contribution in [2.75, 3.05) is 27.2 Å². The van der Waals surface area contributed by atoms with Crippen molar-refractivity contribution in [3.63, 3.8) is 0 Å². The van der Waals surface area contributed by atoms with Gasteiger partial charge < -0.3 is 15.1 Å². The van der Waals surface area contributed by atoms with E-state index in [0.717, 1.165) is 32.4 Å². The van der Waals surface area contributed by atoms with Crippen molar-refractivity contribution in [3.05, 3.63) is 35.4 Å². The lowest BCUT2D eigenvalue weighted by Gasteiger charge is -2.40. The molecule has 1 heterocycles. The normalized spacial score (nSPS) is 21.0. The number of likely N-dealkylation sites (tertiary alicyclic amines) is 1. The first-order chi connectivity index (χ1) is 12.3. The van der Waals surface area contributed by atoms with Crippen LogP contribution in [0, 0.1) is 0 Å². The second-order valence-electron chi connectivity index (χ2n) is 8.35. The van der Waals surface area contributed by atoms with E-state index in [4.69, 9.17) is 0 Å². The summed E-state index contributed by atoms with van der Waals surface area (Å²) in [7, 11) is 3.65. The fourth-order valence-corrected chi connectivity index (χ4v) is 4.55. The molecule has 1 saturated heterocycles. The number of nitrogens with zero attached hydrogens (tertiary/aromatic N) is 2. The number of hydrogen-bond acceptors (Lipinski definition) is 2. The number of urea groups is 1. The van der Waals surface area contributed by atoms with Gasteiger partial charge in [-0.05, 0) is 55.6 Å². The van der Waals surface area contributed by atoms with Crippen LogP contribution in [0.25, 0.3) is 0 Å². The van der Waals surface area contributed by atoms with Gasteiger partial charge in [0.1, 0.15) is 0 Å². The number of nitrogens with one attached hydrogen (secondary N) is 1. The molecule has 0 unspecified atom stereocenters. The van der Waals surface area contributed by atoms with Gasteiger partial charge in [-0.25, -0.2) is 4.79 Å². The first-order valence-corrected chi connectivity index (χ1v) is 9.67. The first-order valence-electron chi connectivity index (χ1n) is 9.67. The average molecular weight is 357 g/mol. The van der Waals surface area contributed by atoms with Crippen molar-refractivity contribution in [1.82, 2.24) is 15.1 Å². The minimum Gasteiger partial charge on any atom is -0.349 e. The summed E-state index contributed by atoms with van der Waals surface area (Å²) >= 11 is 0. The Bertz CT molecular complexity index is 676. The highest BCUT2D eigenvalue weighted by Gasteiger charge is 2.46. The third-order valence-corrected chi connectivity index (χ3v) is 5.95. The van der Waals surface area contributed by atoms with Crippen LogP contribution in [-0.2, 0) is 10.2 Å². The second kappa shape index (κ2) is 7.29. The van der Waals surface area contributed by atoms with E-state index in [0.29, 0.717) is 6.42 Å². The first kappa shape index (κ1) is 18.7. The lowest BCUT2D eigenvalue weighted by molar-refractivity contribution is -0.129. The number of benzene rings is 1. The fraction of sp³-hybridized carbons (Fsp3) is 0.619. The molecule has 1 aliphatic heterocycles. The van der Waals surface area contributed by atoms with Crippen LogP contribution in [-0.4, -0.2) is 55.0 Å². The molecular formula is C21H31N3O2. The van der Waals surface area contributed by atoms with Crippen LogP contribution < -0.4 is 5.32 Å². The van der Waals surface area contributed by atoms with Crippen molar-refractivity contribution in [1.29, 1.82) is 0 Å². The Morgan fingerprint density at radius 2 is 1.88 bits per heavy atom. The molecule has 3 amide bonds. The van der Waals surface area contributed by atoms with Crippen LogP contribution in [0.2, 0.25) is 0 Å². The van der Waals surface area contributed by atoms with Gasteiger partial charge in [0.2, 0.25) is 5.91 Å². The molecule has 1 fully saturated rings. The minimum absolute atomic E-state index is 0.0421. The third kappa shape index (κ3) is 3.57. The van der Waals surface area contributed by atoms with E-state index in [2.05, 4.69) is 29.6 Å². The van der Waals surface area contributed by atoms with Gasteiger partial charge in [0.05, 0.1) is 0 Å². The van der Waals surface area contributed by atoms with Crippen LogP contribution in [0.5, 0.6) is 0 Å². The van der Waals surface area contributed by atoms with Gasteiger partial charge >= 0.3 is 6.03 Å². The third-order valence-electron chi connectivity index (χ3n) is 5.95. The summed E-state index contributed by atoms with van der Waals surface area (Å²) in [4.78, 5) is 28.2. The molecule has 0 radical (unpaired) electrons. The Balaban J connectivity index is 1.75. The highest BCUT2D eigenvalue weighted by molar-refractivity contribution is 5.77. The zero-order chi connectivity index (χ0) is 18.9. The largest absolute Gasteiger partial charge is 0.349 e. The number of hydrogen-bond donors (Lipinski definition) is 1. The van der Waals surface area contributed by atoms with E-state index in [9.17, 15) is 9.59 Å². The van der Waals surface area contributed by atoms with Gasteiger partial charge in [0.25, 0.3) is 0 Å². The number of fused-ring (bicyclic) bond motifs is 2. The van der Waals surface area contributed by atoms with Gasteiger partial charge in [0, 0.05) is 39.6 Å². The highest BCUT2D eigenvalue weighted by Crippen LogP contribution is 2.52. The van der Waals surface area contributed by atoms with Crippen molar-refractivity contribution in [3.8, 4) is 0 Å². The Morgan fingerprint density at radius 1 is 1.23 bits per heavy atom. The standard InChI is InChI=1S/C21H31N3O2/c1-15(2)22-20(26)24-11-9-21(10-12-24)14-16(13-19(25)23(3)4)17-7-5-6-8-18(17)21/h5-8,15-16H,9-14H2,1-4H3,(H,22,26)/t16-/m0/s1. The average Bonchev–Trinajstić information content (AvgIpc) is 2.89. The monoisotopic (exact) mass is 357 g/mol. The predicted octanol–water partition coefficient (Wildman–Crippen LogP) is 3.10. The molecule has 1 aromatic rings. The summed E-state index contributed by atoms with van der Waals surface area (Å²) in [5, 5.41) is 2.99. The van der Waals surface area contributed by atoms with E-state index < -0.39 is 0 Å². The Labute approximate surface area is 156 Å². The van der Waals surface area contributed by atoms with E-state index in [1.54, 1.807) is 4.90 Å². The Kier molecular flexibility index (Phi) is 5.26. The lowest BCUT2D eigenvalue weighted by Crippen LogP contribution is -2.49. The number of carbonyl (C=O) groups excluding carboxylic acids is 2. The van der Waals surface area contributed by atoms with Crippen LogP contribution in [0.3, 0.4) is 0 Å². The smallest absolute Gasteiger partial charge is 0.317 e. The van der Waals surface area contributed by atoms with Crippen molar-refractivity contribution >= 4 is 11.9 Å². The Hall–Kier alpha value is -2.04. The number of carbonyl (C=O) groups is 2. The second-order valence-corrected chi connectivity index (χ2v) is 8.35. The SMILES string of the molecule is CC(C)NC(=O)N1CCC2(CC1)C[C@H](CC(=O)N(C)C)c1ccccc12. The summed E-state index contributed by atoms with van der Waals surface area (Å²) in [5.41, 5.74) is 2.85. The molecular weight excluding hydrogens is 326 g/mol. The van der Waals surface area contributed by atoms with Crippen LogP contribution in [0.1, 0.15) is 56.6 Å². The quantitative estimate of drug-likeness (QED) is 0.904. The number of piperidine rings is 1. The van der Waals surface area contributed by atoms with Gasteiger partial charge in [-0.15, -0.1) is 0 Å². The summed E-state index contributed by atoms with van der Waals surface area (Å²) in [6.45, 7) is 5.54. The van der Waals surface area contributed by atoms with E-state index in [1.165, 1.54) is 11.1 Å². The zero-order valence-corrected chi connectivity index (χ0v) is 16.4. The molecule has 5 nitrogen and oxygen atoms in total. The molecule has 26 heavy (non-hydrogen) atoms. The number of amides is 3. The molecule has 1 atom stereocenters. The maximum absolute atomic E-state index is 12.3. The molecule has 1 N–H and O–H groups in total. The zero-order valence-electron chi connectivity index (χ0n) is 16.4. The van der Waals surface area contributed by atoms with Crippen LogP contribution >= 0.6 is 0 Å². The lowest BCUT2D eigenvalue weighted by atomic mass is 9.73. The maximum atomic E-state index is 12.3. The van der Waals surface area contributed by atoms with Gasteiger partial charge in [-0.2, -0.15) is 0 Å². The maximum Gasteiger partial charge on any atom is 0.317 e. The molecule has 142 valence electrons. The summed E-state index contributed by atoms with van der Waals surface area (Å²) < 4.78 is 0. The predicted molar refractivity (Wildman–Crippen MR) is 103 cm³/mol. The number of rotatable bonds is 3. The minimum atomic E-state index is 0.0421. The fourth-order valence-electron chi connectivity index (χ4n) is 4.55. The van der Waals surface area contributed by atoms with E-state index in [1.807, 2.05) is 32.8 Å². The molecule has 1 spiro atoms. The van der Waals surface area contributed by atoms with Crippen LogP contribution in [0.4, 0.5) is 4.79 Å². The molecule has 1 aliphatic carbocycles. The van der Waals surface area contributed by atoms with Gasteiger partial charge in [0.15, 0.2) is 0 Å². The summed E-state index contributed by atoms with van der Waals surface area (Å²) in [6, 6.07) is 8.81. The molecule has 0 aromatic heterocycles.